The highest BCUT2D eigenvalue weighted by Gasteiger charge is 2.21. The number of hydrogen-bond donors (Lipinski definition) is 1. The third kappa shape index (κ3) is 5.17. The highest BCUT2D eigenvalue weighted by molar-refractivity contribution is 7.09. The van der Waals surface area contributed by atoms with Gasteiger partial charge in [0.05, 0.1) is 5.01 Å². The molecule has 1 aromatic carbocycles. The number of aliphatic carboxylic acids is 1. The molecule has 6 heteroatoms. The van der Waals surface area contributed by atoms with Gasteiger partial charge in [-0.1, -0.05) is 44.2 Å². The highest BCUT2D eigenvalue weighted by atomic mass is 32.1. The maximum absolute atomic E-state index is 12.5. The molecule has 0 spiro atoms. The second-order valence-electron chi connectivity index (χ2n) is 5.76. The SMILES string of the molecule is CC(C)CN(CC(=O)O)C(=O)c1csc(Cc2ccccc2)n1. The minimum Gasteiger partial charge on any atom is -0.480 e. The summed E-state index contributed by atoms with van der Waals surface area (Å²) in [6, 6.07) is 9.91. The number of thiazole rings is 1. The minimum absolute atomic E-state index is 0.195. The maximum Gasteiger partial charge on any atom is 0.323 e. The van der Waals surface area contributed by atoms with E-state index in [1.165, 1.54) is 16.2 Å². The average Bonchev–Trinajstić information content (AvgIpc) is 2.94. The van der Waals surface area contributed by atoms with Gasteiger partial charge in [0.2, 0.25) is 0 Å². The first-order valence-corrected chi connectivity index (χ1v) is 8.33. The van der Waals surface area contributed by atoms with Crippen molar-refractivity contribution in [1.29, 1.82) is 0 Å². The summed E-state index contributed by atoms with van der Waals surface area (Å²) < 4.78 is 0. The molecule has 5 nitrogen and oxygen atoms in total. The summed E-state index contributed by atoms with van der Waals surface area (Å²) in [5, 5.41) is 11.5. The fourth-order valence-corrected chi connectivity index (χ4v) is 3.05. The molecule has 1 aromatic heterocycles. The molecular weight excluding hydrogens is 312 g/mol. The minimum atomic E-state index is -1.02. The Balaban J connectivity index is 2.10. The molecule has 0 bridgehead atoms. The molecule has 2 aromatic rings. The Morgan fingerprint density at radius 3 is 2.57 bits per heavy atom. The van der Waals surface area contributed by atoms with Gasteiger partial charge in [0.1, 0.15) is 12.2 Å². The molecule has 0 radical (unpaired) electrons. The van der Waals surface area contributed by atoms with Crippen molar-refractivity contribution >= 4 is 23.2 Å². The van der Waals surface area contributed by atoms with E-state index in [1.807, 2.05) is 44.2 Å². The summed E-state index contributed by atoms with van der Waals surface area (Å²) in [6.07, 6.45) is 0.669. The first-order valence-electron chi connectivity index (χ1n) is 7.45. The van der Waals surface area contributed by atoms with Gasteiger partial charge in [-0.15, -0.1) is 11.3 Å². The summed E-state index contributed by atoms with van der Waals surface area (Å²) in [5.74, 6) is -1.14. The zero-order valence-corrected chi connectivity index (χ0v) is 14.0. The average molecular weight is 332 g/mol. The molecule has 0 atom stereocenters. The number of carboxylic acid groups (broad SMARTS) is 1. The monoisotopic (exact) mass is 332 g/mol. The molecule has 1 amide bonds. The zero-order valence-electron chi connectivity index (χ0n) is 13.2. The molecule has 0 fully saturated rings. The fraction of sp³-hybridized carbons (Fsp3) is 0.353. The summed E-state index contributed by atoms with van der Waals surface area (Å²) in [7, 11) is 0. The normalized spacial score (nSPS) is 10.7. The van der Waals surface area contributed by atoms with Gasteiger partial charge in [-0.3, -0.25) is 9.59 Å². The van der Waals surface area contributed by atoms with Crippen molar-refractivity contribution in [3.05, 3.63) is 52.0 Å². The van der Waals surface area contributed by atoms with Gasteiger partial charge < -0.3 is 10.0 Å². The Morgan fingerprint density at radius 2 is 1.96 bits per heavy atom. The molecule has 1 heterocycles. The van der Waals surface area contributed by atoms with Gasteiger partial charge in [-0.2, -0.15) is 0 Å². The van der Waals surface area contributed by atoms with Crippen LogP contribution in [0.2, 0.25) is 0 Å². The summed E-state index contributed by atoms with van der Waals surface area (Å²) in [5.41, 5.74) is 1.45. The molecule has 23 heavy (non-hydrogen) atoms. The Labute approximate surface area is 139 Å². The Kier molecular flexibility index (Phi) is 5.87. The third-order valence-electron chi connectivity index (χ3n) is 3.17. The summed E-state index contributed by atoms with van der Waals surface area (Å²) in [6.45, 7) is 3.99. The predicted molar refractivity (Wildman–Crippen MR) is 89.7 cm³/mol. The smallest absolute Gasteiger partial charge is 0.323 e. The maximum atomic E-state index is 12.5. The quantitative estimate of drug-likeness (QED) is 0.846. The van der Waals surface area contributed by atoms with E-state index in [2.05, 4.69) is 4.98 Å². The number of benzene rings is 1. The van der Waals surface area contributed by atoms with Crippen molar-refractivity contribution in [2.24, 2.45) is 5.92 Å². The number of aromatic nitrogens is 1. The molecule has 0 aliphatic heterocycles. The van der Waals surface area contributed by atoms with Crippen molar-refractivity contribution < 1.29 is 14.7 Å². The molecule has 0 saturated heterocycles. The zero-order chi connectivity index (χ0) is 16.8. The Morgan fingerprint density at radius 1 is 1.26 bits per heavy atom. The van der Waals surface area contributed by atoms with E-state index in [4.69, 9.17) is 5.11 Å². The second-order valence-corrected chi connectivity index (χ2v) is 6.70. The van der Waals surface area contributed by atoms with Crippen LogP contribution in [-0.2, 0) is 11.2 Å². The number of hydrogen-bond acceptors (Lipinski definition) is 4. The van der Waals surface area contributed by atoms with Crippen LogP contribution in [0.3, 0.4) is 0 Å². The van der Waals surface area contributed by atoms with Crippen LogP contribution in [0.1, 0.15) is 34.9 Å². The van der Waals surface area contributed by atoms with Crippen molar-refractivity contribution in [1.82, 2.24) is 9.88 Å². The van der Waals surface area contributed by atoms with Gasteiger partial charge in [0.25, 0.3) is 5.91 Å². The van der Waals surface area contributed by atoms with Gasteiger partial charge in [-0.05, 0) is 11.5 Å². The van der Waals surface area contributed by atoms with E-state index in [9.17, 15) is 9.59 Å². The van der Waals surface area contributed by atoms with Crippen molar-refractivity contribution in [3.63, 3.8) is 0 Å². The van der Waals surface area contributed by atoms with Gasteiger partial charge in [0.15, 0.2) is 0 Å². The van der Waals surface area contributed by atoms with E-state index < -0.39 is 5.97 Å². The van der Waals surface area contributed by atoms with Crippen LogP contribution >= 0.6 is 11.3 Å². The van der Waals surface area contributed by atoms with Gasteiger partial charge in [0, 0.05) is 18.3 Å². The number of carboxylic acids is 1. The third-order valence-corrected chi connectivity index (χ3v) is 4.02. The number of nitrogens with zero attached hydrogens (tertiary/aromatic N) is 2. The lowest BCUT2D eigenvalue weighted by molar-refractivity contribution is -0.137. The van der Waals surface area contributed by atoms with E-state index in [-0.39, 0.29) is 18.4 Å². The van der Waals surface area contributed by atoms with Crippen LogP contribution in [0, 0.1) is 5.92 Å². The van der Waals surface area contributed by atoms with Crippen LogP contribution in [0.25, 0.3) is 0 Å². The number of carbonyl (C=O) groups excluding carboxylic acids is 1. The topological polar surface area (TPSA) is 70.5 Å². The van der Waals surface area contributed by atoms with Crippen molar-refractivity contribution in [3.8, 4) is 0 Å². The first kappa shape index (κ1) is 17.1. The molecule has 0 saturated carbocycles. The Bertz CT molecular complexity index is 667. The number of rotatable bonds is 7. The molecule has 0 aliphatic rings. The molecule has 2 rings (SSSR count). The fourth-order valence-electron chi connectivity index (χ4n) is 2.25. The van der Waals surface area contributed by atoms with Crippen LogP contribution < -0.4 is 0 Å². The standard InChI is InChI=1S/C17H20N2O3S/c1-12(2)9-19(10-16(20)21)17(22)14-11-23-15(18-14)8-13-6-4-3-5-7-13/h3-7,11-12H,8-10H2,1-2H3,(H,20,21). The van der Waals surface area contributed by atoms with Crippen LogP contribution in [0.15, 0.2) is 35.7 Å². The number of carbonyl (C=O) groups is 2. The largest absolute Gasteiger partial charge is 0.480 e. The summed E-state index contributed by atoms with van der Waals surface area (Å²) >= 11 is 1.42. The lowest BCUT2D eigenvalue weighted by atomic mass is 10.2. The predicted octanol–water partition coefficient (Wildman–Crippen LogP) is 2.92. The molecule has 0 aliphatic carbocycles. The van der Waals surface area contributed by atoms with Crippen molar-refractivity contribution in [2.75, 3.05) is 13.1 Å². The molecule has 122 valence electrons. The molecular formula is C17H20N2O3S. The van der Waals surface area contributed by atoms with Gasteiger partial charge in [-0.25, -0.2) is 4.98 Å². The van der Waals surface area contributed by atoms with Crippen LogP contribution in [0.5, 0.6) is 0 Å². The molecule has 1 N–H and O–H groups in total. The van der Waals surface area contributed by atoms with E-state index in [0.717, 1.165) is 10.6 Å². The Hall–Kier alpha value is -2.21. The summed E-state index contributed by atoms with van der Waals surface area (Å²) in [4.78, 5) is 29.2. The number of amides is 1. The first-order chi connectivity index (χ1) is 11.0. The lowest BCUT2D eigenvalue weighted by Gasteiger charge is -2.21. The van der Waals surface area contributed by atoms with Crippen LogP contribution in [0.4, 0.5) is 0 Å². The second kappa shape index (κ2) is 7.87. The van der Waals surface area contributed by atoms with Crippen LogP contribution in [-0.4, -0.2) is 40.0 Å². The van der Waals surface area contributed by atoms with E-state index in [0.29, 0.717) is 18.7 Å². The van der Waals surface area contributed by atoms with Gasteiger partial charge >= 0.3 is 5.97 Å². The molecule has 0 unspecified atom stereocenters. The van der Waals surface area contributed by atoms with Crippen molar-refractivity contribution in [2.45, 2.75) is 20.3 Å². The highest BCUT2D eigenvalue weighted by Crippen LogP contribution is 2.16. The van der Waals surface area contributed by atoms with E-state index in [1.54, 1.807) is 5.38 Å². The van der Waals surface area contributed by atoms with E-state index >= 15 is 0 Å². The lowest BCUT2D eigenvalue weighted by Crippen LogP contribution is -2.38.